The molecule has 1 aromatic rings. The zero-order valence-corrected chi connectivity index (χ0v) is 16.6. The predicted molar refractivity (Wildman–Crippen MR) is 95.9 cm³/mol. The van der Waals surface area contributed by atoms with Gasteiger partial charge in [-0.05, 0) is 27.7 Å². The molecule has 28 heavy (non-hydrogen) atoms. The molecule has 1 aromatic carbocycles. The lowest BCUT2D eigenvalue weighted by Crippen LogP contribution is -2.64. The van der Waals surface area contributed by atoms with E-state index in [-0.39, 0.29) is 40.4 Å². The quantitative estimate of drug-likeness (QED) is 0.609. The van der Waals surface area contributed by atoms with Crippen LogP contribution in [0.5, 0.6) is 17.2 Å². The molecule has 0 aromatic heterocycles. The highest BCUT2D eigenvalue weighted by molar-refractivity contribution is 6.24. The van der Waals surface area contributed by atoms with Crippen LogP contribution < -0.4 is 9.47 Å². The second kappa shape index (κ2) is 6.13. The van der Waals surface area contributed by atoms with Gasteiger partial charge in [0.1, 0.15) is 39.9 Å². The molecule has 1 heterocycles. The number of hydrogen-bond acceptors (Lipinski definition) is 8. The molecule has 8 heteroatoms. The molecule has 0 amide bonds. The first kappa shape index (κ1) is 20.0. The molecule has 0 spiro atoms. The number of phenols is 1. The van der Waals surface area contributed by atoms with Gasteiger partial charge in [-0.2, -0.15) is 0 Å². The molecule has 0 bridgehead atoms. The van der Waals surface area contributed by atoms with Crippen LogP contribution in [0.25, 0.3) is 0 Å². The van der Waals surface area contributed by atoms with Crippen LogP contribution in [-0.4, -0.2) is 48.2 Å². The van der Waals surface area contributed by atoms with E-state index in [1.54, 1.807) is 0 Å². The van der Waals surface area contributed by atoms with Crippen molar-refractivity contribution in [1.29, 1.82) is 0 Å². The van der Waals surface area contributed by atoms with E-state index in [0.29, 0.717) is 0 Å². The van der Waals surface area contributed by atoms with Crippen LogP contribution in [0.4, 0.5) is 0 Å². The van der Waals surface area contributed by atoms with Crippen LogP contribution in [0.15, 0.2) is 0 Å². The van der Waals surface area contributed by atoms with Crippen molar-refractivity contribution in [2.24, 2.45) is 5.92 Å². The smallest absolute Gasteiger partial charge is 0.234 e. The molecule has 0 radical (unpaired) electrons. The van der Waals surface area contributed by atoms with Gasteiger partial charge in [0, 0.05) is 12.7 Å². The lowest BCUT2D eigenvalue weighted by molar-refractivity contribution is -0.209. The average Bonchev–Trinajstić information content (AvgIpc) is 2.86. The number of fused-ring (bicyclic) bond motifs is 3. The minimum absolute atomic E-state index is 0.0675. The number of methoxy groups -OCH3 is 2. The Morgan fingerprint density at radius 1 is 1.21 bits per heavy atom. The molecule has 8 nitrogen and oxygen atoms in total. The summed E-state index contributed by atoms with van der Waals surface area (Å²) in [6, 6.07) is 0. The predicted octanol–water partition coefficient (Wildman–Crippen LogP) is 1.65. The van der Waals surface area contributed by atoms with Gasteiger partial charge in [0.05, 0.1) is 19.1 Å². The summed E-state index contributed by atoms with van der Waals surface area (Å²) in [5.74, 6) is -5.84. The lowest BCUT2D eigenvalue weighted by atomic mass is 9.61. The summed E-state index contributed by atoms with van der Waals surface area (Å²) in [5, 5.41) is 10.5. The number of ketones is 4. The number of rotatable bonds is 4. The zero-order valence-electron chi connectivity index (χ0n) is 16.6. The molecule has 3 rings (SSSR count). The molecular weight excluding hydrogens is 368 g/mol. The number of phenolic OH excluding ortho intramolecular Hbond substituents is 1. The summed E-state index contributed by atoms with van der Waals surface area (Å²) >= 11 is 0. The Balaban J connectivity index is 2.47. The van der Waals surface area contributed by atoms with Crippen molar-refractivity contribution in [1.82, 2.24) is 0 Å². The average molecular weight is 390 g/mol. The lowest BCUT2D eigenvalue weighted by Gasteiger charge is -2.44. The van der Waals surface area contributed by atoms with E-state index in [0.717, 1.165) is 0 Å². The van der Waals surface area contributed by atoms with E-state index >= 15 is 0 Å². The number of benzene rings is 1. The first-order valence-electron chi connectivity index (χ1n) is 8.75. The maximum atomic E-state index is 13.4. The second-order valence-electron chi connectivity index (χ2n) is 7.38. The van der Waals surface area contributed by atoms with Crippen molar-refractivity contribution >= 4 is 23.1 Å². The maximum absolute atomic E-state index is 13.4. The first-order valence-corrected chi connectivity index (χ1v) is 8.75. The minimum Gasteiger partial charge on any atom is -0.507 e. The van der Waals surface area contributed by atoms with Gasteiger partial charge >= 0.3 is 0 Å². The fraction of sp³-hybridized carbons (Fsp3) is 0.500. The largest absolute Gasteiger partial charge is 0.507 e. The Morgan fingerprint density at radius 2 is 1.82 bits per heavy atom. The van der Waals surface area contributed by atoms with E-state index in [2.05, 4.69) is 0 Å². The van der Waals surface area contributed by atoms with Gasteiger partial charge in [-0.3, -0.25) is 19.2 Å². The van der Waals surface area contributed by atoms with Crippen LogP contribution in [0.2, 0.25) is 0 Å². The van der Waals surface area contributed by atoms with Gasteiger partial charge in [-0.15, -0.1) is 0 Å². The molecule has 1 aliphatic heterocycles. The zero-order chi connectivity index (χ0) is 21.2. The molecule has 150 valence electrons. The molecule has 2 aliphatic rings. The number of Topliss-reactive ketones (excluding diaryl/α,β-unsaturated/α-hetero) is 4. The summed E-state index contributed by atoms with van der Waals surface area (Å²) in [6.45, 7) is 5.48. The third-order valence-electron chi connectivity index (χ3n) is 5.92. The van der Waals surface area contributed by atoms with Gasteiger partial charge in [-0.25, -0.2) is 0 Å². The van der Waals surface area contributed by atoms with E-state index in [4.69, 9.17) is 14.2 Å². The topological polar surface area (TPSA) is 116 Å². The Kier molecular flexibility index (Phi) is 4.38. The fourth-order valence-electron chi connectivity index (χ4n) is 4.43. The van der Waals surface area contributed by atoms with Crippen molar-refractivity contribution < 1.29 is 38.5 Å². The summed E-state index contributed by atoms with van der Waals surface area (Å²) in [7, 11) is 2.64. The number of hydrogen-bond donors (Lipinski definition) is 1. The van der Waals surface area contributed by atoms with Crippen molar-refractivity contribution in [3.05, 3.63) is 16.7 Å². The van der Waals surface area contributed by atoms with Gasteiger partial charge in [0.25, 0.3) is 0 Å². The summed E-state index contributed by atoms with van der Waals surface area (Å²) < 4.78 is 17.0. The molecule has 1 fully saturated rings. The molecule has 0 saturated heterocycles. The molecular formula is C20H22O8. The fourth-order valence-corrected chi connectivity index (χ4v) is 4.43. The molecule has 1 aliphatic carbocycles. The van der Waals surface area contributed by atoms with Crippen LogP contribution in [0.3, 0.4) is 0 Å². The first-order chi connectivity index (χ1) is 13.0. The SMILES string of the molecule is COc1c(C)c(O)c(C(C)=O)c2c1[C@@]1(C)C(=O)[C@H](C(C)=O)C(=O)C[C@@]1(OC)O2. The van der Waals surface area contributed by atoms with Gasteiger partial charge in [0.15, 0.2) is 17.3 Å². The van der Waals surface area contributed by atoms with Gasteiger partial charge in [-0.1, -0.05) is 0 Å². The van der Waals surface area contributed by atoms with Crippen molar-refractivity contribution in [2.45, 2.75) is 45.3 Å². The Morgan fingerprint density at radius 3 is 2.29 bits per heavy atom. The van der Waals surface area contributed by atoms with E-state index in [1.165, 1.54) is 41.9 Å². The Bertz CT molecular complexity index is 946. The standard InChI is InChI=1S/C20H22O8/c1-8-15(24)13(10(3)22)17-14(16(8)26-5)19(4)18(25)12(9(2)21)11(23)7-20(19,27-6)28-17/h12,24H,7H2,1-6H3/t12-,19+,20-/m1/s1. The Labute approximate surface area is 161 Å². The summed E-state index contributed by atoms with van der Waals surface area (Å²) in [5.41, 5.74) is -1.29. The van der Waals surface area contributed by atoms with Crippen LogP contribution in [-0.2, 0) is 24.5 Å². The van der Waals surface area contributed by atoms with Crippen molar-refractivity contribution in [3.8, 4) is 17.2 Å². The molecule has 1 saturated carbocycles. The Hall–Kier alpha value is -2.74. The van der Waals surface area contributed by atoms with E-state index in [9.17, 15) is 24.3 Å². The third kappa shape index (κ3) is 2.15. The number of aromatic hydroxyl groups is 1. The molecule has 3 atom stereocenters. The van der Waals surface area contributed by atoms with Crippen molar-refractivity contribution in [2.75, 3.05) is 14.2 Å². The van der Waals surface area contributed by atoms with E-state index in [1.807, 2.05) is 0 Å². The molecule has 0 unspecified atom stereocenters. The summed E-state index contributed by atoms with van der Waals surface area (Å²) in [6.07, 6.45) is -0.370. The second-order valence-corrected chi connectivity index (χ2v) is 7.38. The normalized spacial score (nSPS) is 28.4. The van der Waals surface area contributed by atoms with Crippen molar-refractivity contribution in [3.63, 3.8) is 0 Å². The number of carbonyl (C=O) groups is 4. The minimum atomic E-state index is -1.76. The third-order valence-corrected chi connectivity index (χ3v) is 5.92. The monoisotopic (exact) mass is 390 g/mol. The number of carbonyl (C=O) groups excluding carboxylic acids is 4. The number of ether oxygens (including phenoxy) is 3. The van der Waals surface area contributed by atoms with Crippen LogP contribution in [0, 0.1) is 12.8 Å². The van der Waals surface area contributed by atoms with Gasteiger partial charge < -0.3 is 19.3 Å². The highest BCUT2D eigenvalue weighted by atomic mass is 16.7. The van der Waals surface area contributed by atoms with Crippen LogP contribution >= 0.6 is 0 Å². The van der Waals surface area contributed by atoms with Gasteiger partial charge in [0.2, 0.25) is 5.79 Å². The highest BCUT2D eigenvalue weighted by Gasteiger charge is 2.70. The van der Waals surface area contributed by atoms with Crippen LogP contribution in [0.1, 0.15) is 48.7 Å². The summed E-state index contributed by atoms with van der Waals surface area (Å²) in [4.78, 5) is 50.4. The maximum Gasteiger partial charge on any atom is 0.234 e. The molecule has 1 N–H and O–H groups in total. The highest BCUT2D eigenvalue weighted by Crippen LogP contribution is 2.61. The van der Waals surface area contributed by atoms with E-state index < -0.39 is 40.3 Å².